The normalized spacial score (nSPS) is 11.4. The first-order valence-electron chi connectivity index (χ1n) is 9.94. The lowest BCUT2D eigenvalue weighted by atomic mass is 10.2. The van der Waals surface area contributed by atoms with E-state index in [0.29, 0.717) is 6.04 Å². The molecule has 0 atom stereocenters. The Bertz CT molecular complexity index is 1020. The van der Waals surface area contributed by atoms with E-state index in [1.165, 1.54) is 16.0 Å². The molecule has 0 fully saturated rings. The Morgan fingerprint density at radius 3 is 2.72 bits per heavy atom. The van der Waals surface area contributed by atoms with Gasteiger partial charge in [-0.3, -0.25) is 4.68 Å². The maximum absolute atomic E-state index is 4.87. The largest absolute Gasteiger partial charge is 0.315 e. The minimum Gasteiger partial charge on any atom is -0.315 e. The van der Waals surface area contributed by atoms with Gasteiger partial charge in [0.1, 0.15) is 17.8 Å². The number of nitrogens with one attached hydrogen (secondary N) is 1. The molecule has 0 spiro atoms. The summed E-state index contributed by atoms with van der Waals surface area (Å²) in [4.78, 5) is 1.20. The van der Waals surface area contributed by atoms with Gasteiger partial charge < -0.3 is 9.88 Å². The van der Waals surface area contributed by atoms with Gasteiger partial charge in [-0.05, 0) is 30.9 Å². The van der Waals surface area contributed by atoms with Gasteiger partial charge in [-0.25, -0.2) is 0 Å². The van der Waals surface area contributed by atoms with Gasteiger partial charge in [0.15, 0.2) is 0 Å². The predicted octanol–water partition coefficient (Wildman–Crippen LogP) is 4.16. The van der Waals surface area contributed by atoms with Gasteiger partial charge in [-0.2, -0.15) is 5.10 Å². The van der Waals surface area contributed by atoms with Crippen molar-refractivity contribution in [2.24, 2.45) is 0 Å². The zero-order valence-electron chi connectivity index (χ0n) is 16.8. The summed E-state index contributed by atoms with van der Waals surface area (Å²) >= 11 is 1.73. The summed E-state index contributed by atoms with van der Waals surface area (Å²) in [5.74, 6) is 1.02. The van der Waals surface area contributed by atoms with Crippen LogP contribution in [0.25, 0.3) is 10.6 Å². The van der Waals surface area contributed by atoms with E-state index in [2.05, 4.69) is 81.9 Å². The minimum absolute atomic E-state index is 0.377. The van der Waals surface area contributed by atoms with Gasteiger partial charge in [0, 0.05) is 37.3 Å². The molecule has 3 heterocycles. The van der Waals surface area contributed by atoms with Crippen LogP contribution in [0.15, 0.2) is 60.4 Å². The molecule has 0 aliphatic heterocycles. The number of benzene rings is 1. The Hall–Kier alpha value is -2.77. The highest BCUT2D eigenvalue weighted by atomic mass is 32.1. The molecule has 0 saturated heterocycles. The van der Waals surface area contributed by atoms with Gasteiger partial charge in [-0.1, -0.05) is 36.4 Å². The third-order valence-electron chi connectivity index (χ3n) is 4.82. The zero-order chi connectivity index (χ0) is 20.1. The molecule has 0 radical (unpaired) electrons. The topological polar surface area (TPSA) is 60.6 Å². The van der Waals surface area contributed by atoms with Crippen LogP contribution < -0.4 is 5.32 Å². The lowest BCUT2D eigenvalue weighted by Crippen LogP contribution is -2.19. The Labute approximate surface area is 175 Å². The maximum atomic E-state index is 4.87. The van der Waals surface area contributed by atoms with Crippen LogP contribution >= 0.6 is 11.3 Å². The van der Waals surface area contributed by atoms with Crippen molar-refractivity contribution in [3.63, 3.8) is 0 Å². The molecule has 0 amide bonds. The Morgan fingerprint density at radius 2 is 1.97 bits per heavy atom. The molecule has 0 aliphatic rings. The van der Waals surface area contributed by atoms with E-state index in [4.69, 9.17) is 5.10 Å². The second-order valence-corrected chi connectivity index (χ2v) is 8.29. The Morgan fingerprint density at radius 1 is 1.10 bits per heavy atom. The molecule has 1 aromatic carbocycles. The Balaban J connectivity index is 1.43. The van der Waals surface area contributed by atoms with Crippen LogP contribution in [0.5, 0.6) is 0 Å². The summed E-state index contributed by atoms with van der Waals surface area (Å²) in [6.07, 6.45) is 4.82. The van der Waals surface area contributed by atoms with Crippen molar-refractivity contribution in [1.82, 2.24) is 29.9 Å². The summed E-state index contributed by atoms with van der Waals surface area (Å²) in [6.45, 7) is 6.69. The molecular weight excluding hydrogens is 380 g/mol. The molecule has 6 nitrogen and oxygen atoms in total. The summed E-state index contributed by atoms with van der Waals surface area (Å²) in [6, 6.07) is 15.0. The van der Waals surface area contributed by atoms with E-state index in [9.17, 15) is 0 Å². The van der Waals surface area contributed by atoms with Crippen molar-refractivity contribution in [2.45, 2.75) is 39.4 Å². The van der Waals surface area contributed by atoms with Crippen molar-refractivity contribution >= 4 is 11.3 Å². The van der Waals surface area contributed by atoms with Gasteiger partial charge in [0.05, 0.1) is 11.4 Å². The molecule has 4 aromatic rings. The van der Waals surface area contributed by atoms with Crippen LogP contribution in [0, 0.1) is 0 Å². The smallest absolute Gasteiger partial charge is 0.134 e. The van der Waals surface area contributed by atoms with E-state index < -0.39 is 0 Å². The predicted molar refractivity (Wildman–Crippen MR) is 117 cm³/mol. The van der Waals surface area contributed by atoms with Gasteiger partial charge in [0.25, 0.3) is 0 Å². The van der Waals surface area contributed by atoms with Crippen molar-refractivity contribution in [3.8, 4) is 10.6 Å². The third-order valence-corrected chi connectivity index (χ3v) is 5.70. The highest BCUT2D eigenvalue weighted by Crippen LogP contribution is 2.27. The second-order valence-electron chi connectivity index (χ2n) is 7.34. The van der Waals surface area contributed by atoms with Crippen molar-refractivity contribution in [3.05, 3.63) is 77.3 Å². The van der Waals surface area contributed by atoms with E-state index in [0.717, 1.165) is 37.6 Å². The average molecular weight is 407 g/mol. The first kappa shape index (κ1) is 19.5. The van der Waals surface area contributed by atoms with E-state index >= 15 is 0 Å². The van der Waals surface area contributed by atoms with E-state index in [1.807, 2.05) is 17.1 Å². The van der Waals surface area contributed by atoms with Crippen molar-refractivity contribution < 1.29 is 0 Å². The molecule has 1 N–H and O–H groups in total. The summed E-state index contributed by atoms with van der Waals surface area (Å²) in [5, 5.41) is 18.8. The minimum atomic E-state index is 0.377. The Kier molecular flexibility index (Phi) is 6.17. The first-order chi connectivity index (χ1) is 14.2. The molecular formula is C22H26N6S. The number of hydrogen-bond acceptors (Lipinski definition) is 5. The summed E-state index contributed by atoms with van der Waals surface area (Å²) < 4.78 is 4.16. The van der Waals surface area contributed by atoms with Crippen LogP contribution in [0.2, 0.25) is 0 Å². The zero-order valence-corrected chi connectivity index (χ0v) is 17.6. The molecule has 0 saturated carbocycles. The van der Waals surface area contributed by atoms with Crippen LogP contribution in [-0.4, -0.2) is 31.1 Å². The molecule has 3 aromatic heterocycles. The van der Waals surface area contributed by atoms with Crippen LogP contribution in [-0.2, 0) is 19.5 Å². The molecule has 0 bridgehead atoms. The fourth-order valence-corrected chi connectivity index (χ4v) is 4.11. The molecule has 29 heavy (non-hydrogen) atoms. The number of rotatable bonds is 9. The van der Waals surface area contributed by atoms with Crippen LogP contribution in [0.1, 0.15) is 36.8 Å². The second kappa shape index (κ2) is 9.15. The lowest BCUT2D eigenvalue weighted by Gasteiger charge is -2.10. The van der Waals surface area contributed by atoms with Crippen LogP contribution in [0.3, 0.4) is 0 Å². The molecule has 150 valence electrons. The number of nitrogens with zero attached hydrogens (tertiary/aromatic N) is 5. The lowest BCUT2D eigenvalue weighted by molar-refractivity contribution is 0.555. The van der Waals surface area contributed by atoms with Crippen LogP contribution in [0.4, 0.5) is 0 Å². The van der Waals surface area contributed by atoms with Crippen molar-refractivity contribution in [2.75, 3.05) is 6.54 Å². The fraction of sp³-hybridized carbons (Fsp3) is 0.318. The molecule has 0 unspecified atom stereocenters. The number of hydrogen-bond donors (Lipinski definition) is 1. The fourth-order valence-electron chi connectivity index (χ4n) is 3.36. The first-order valence-corrected chi connectivity index (χ1v) is 10.8. The van der Waals surface area contributed by atoms with E-state index in [-0.39, 0.29) is 0 Å². The monoisotopic (exact) mass is 406 g/mol. The number of thiophene rings is 1. The SMILES string of the molecule is CC(C)n1cnnc1CCNCc1cn(Cc2ccccc2)nc1-c1cccs1. The van der Waals surface area contributed by atoms with Gasteiger partial charge >= 0.3 is 0 Å². The maximum Gasteiger partial charge on any atom is 0.134 e. The third kappa shape index (κ3) is 4.81. The highest BCUT2D eigenvalue weighted by molar-refractivity contribution is 7.13. The summed E-state index contributed by atoms with van der Waals surface area (Å²) in [7, 11) is 0. The average Bonchev–Trinajstić information content (AvgIpc) is 3.46. The molecule has 0 aliphatic carbocycles. The molecule has 4 rings (SSSR count). The number of aromatic nitrogens is 5. The van der Waals surface area contributed by atoms with E-state index in [1.54, 1.807) is 11.3 Å². The highest BCUT2D eigenvalue weighted by Gasteiger charge is 2.13. The van der Waals surface area contributed by atoms with Gasteiger partial charge in [0.2, 0.25) is 0 Å². The van der Waals surface area contributed by atoms with Gasteiger partial charge in [-0.15, -0.1) is 21.5 Å². The standard InChI is InChI=1S/C22H26N6S/c1-17(2)28-16-24-25-21(28)10-11-23-13-19-15-27(14-18-7-4-3-5-8-18)26-22(19)20-9-6-12-29-20/h3-9,12,15-17,23H,10-11,13-14H2,1-2H3. The summed E-state index contributed by atoms with van der Waals surface area (Å²) in [5.41, 5.74) is 3.53. The quantitative estimate of drug-likeness (QED) is 0.424. The van der Waals surface area contributed by atoms with Crippen molar-refractivity contribution in [1.29, 1.82) is 0 Å². The molecule has 7 heteroatoms.